The fourth-order valence-corrected chi connectivity index (χ4v) is 3.32. The number of hydrogen-bond acceptors (Lipinski definition) is 3. The van der Waals surface area contributed by atoms with Gasteiger partial charge in [-0.15, -0.1) is 0 Å². The van der Waals surface area contributed by atoms with Gasteiger partial charge in [0.1, 0.15) is 5.69 Å². The molecule has 1 aromatic carbocycles. The van der Waals surface area contributed by atoms with Crippen molar-refractivity contribution in [1.29, 1.82) is 0 Å². The van der Waals surface area contributed by atoms with E-state index in [1.807, 2.05) is 37.6 Å². The number of benzene rings is 1. The van der Waals surface area contributed by atoms with Crippen molar-refractivity contribution in [3.05, 3.63) is 42.1 Å². The number of fused-ring (bicyclic) bond motifs is 1. The molecule has 0 aliphatic rings. The first-order valence-electron chi connectivity index (χ1n) is 6.88. The maximum atomic E-state index is 12.2. The molecule has 2 heterocycles. The van der Waals surface area contributed by atoms with Crippen molar-refractivity contribution in [3.63, 3.8) is 0 Å². The SMILES string of the molecule is CCS(=O)c1cccnc1-c1nc2cc(C)ccc2n1C. The van der Waals surface area contributed by atoms with E-state index in [0.717, 1.165) is 21.8 Å². The van der Waals surface area contributed by atoms with E-state index in [0.29, 0.717) is 11.4 Å². The minimum absolute atomic E-state index is 0.571. The monoisotopic (exact) mass is 299 g/mol. The average molecular weight is 299 g/mol. The third-order valence-corrected chi connectivity index (χ3v) is 4.87. The zero-order valence-electron chi connectivity index (χ0n) is 12.3. The van der Waals surface area contributed by atoms with E-state index in [1.54, 1.807) is 6.20 Å². The topological polar surface area (TPSA) is 47.8 Å². The van der Waals surface area contributed by atoms with Crippen LogP contribution in [0.4, 0.5) is 0 Å². The van der Waals surface area contributed by atoms with Gasteiger partial charge in [-0.2, -0.15) is 0 Å². The molecule has 1 unspecified atom stereocenters. The molecule has 0 spiro atoms. The lowest BCUT2D eigenvalue weighted by Crippen LogP contribution is -2.02. The molecule has 0 fully saturated rings. The van der Waals surface area contributed by atoms with Crippen molar-refractivity contribution < 1.29 is 4.21 Å². The smallest absolute Gasteiger partial charge is 0.160 e. The maximum absolute atomic E-state index is 12.2. The molecule has 0 bridgehead atoms. The van der Waals surface area contributed by atoms with Crippen LogP contribution in [0.2, 0.25) is 0 Å². The summed E-state index contributed by atoms with van der Waals surface area (Å²) in [6.07, 6.45) is 1.72. The van der Waals surface area contributed by atoms with Crippen molar-refractivity contribution >= 4 is 21.8 Å². The molecule has 0 amide bonds. The summed E-state index contributed by atoms with van der Waals surface area (Å²) in [6, 6.07) is 9.86. The van der Waals surface area contributed by atoms with Crippen LogP contribution in [0.5, 0.6) is 0 Å². The van der Waals surface area contributed by atoms with Gasteiger partial charge < -0.3 is 4.57 Å². The fraction of sp³-hybridized carbons (Fsp3) is 0.250. The van der Waals surface area contributed by atoms with Crippen LogP contribution in [0.3, 0.4) is 0 Å². The molecule has 21 heavy (non-hydrogen) atoms. The van der Waals surface area contributed by atoms with E-state index in [1.165, 1.54) is 5.56 Å². The van der Waals surface area contributed by atoms with E-state index in [9.17, 15) is 4.21 Å². The Balaban J connectivity index is 2.26. The van der Waals surface area contributed by atoms with Gasteiger partial charge >= 0.3 is 0 Å². The summed E-state index contributed by atoms with van der Waals surface area (Å²) in [6.45, 7) is 3.96. The predicted octanol–water partition coefficient (Wildman–Crippen LogP) is 3.07. The standard InChI is InChI=1S/C16H17N3OS/c1-4-21(20)14-6-5-9-17-15(14)16-18-12-10-11(2)7-8-13(12)19(16)3/h5-10H,4H2,1-3H3. The first kappa shape index (κ1) is 13.9. The molecular weight excluding hydrogens is 282 g/mol. The summed E-state index contributed by atoms with van der Waals surface area (Å²) in [4.78, 5) is 9.85. The van der Waals surface area contributed by atoms with Crippen LogP contribution in [-0.4, -0.2) is 24.5 Å². The van der Waals surface area contributed by atoms with Gasteiger partial charge in [0.05, 0.1) is 26.7 Å². The molecule has 0 aliphatic heterocycles. The van der Waals surface area contributed by atoms with Crippen LogP contribution in [0, 0.1) is 6.92 Å². The predicted molar refractivity (Wildman–Crippen MR) is 85.6 cm³/mol. The Labute approximate surface area is 126 Å². The first-order chi connectivity index (χ1) is 10.1. The molecule has 0 radical (unpaired) electrons. The molecule has 0 N–H and O–H groups in total. The number of pyridine rings is 1. The third kappa shape index (κ3) is 2.38. The van der Waals surface area contributed by atoms with Crippen molar-refractivity contribution in [1.82, 2.24) is 14.5 Å². The maximum Gasteiger partial charge on any atom is 0.160 e. The molecule has 3 aromatic rings. The van der Waals surface area contributed by atoms with Crippen LogP contribution in [0.25, 0.3) is 22.6 Å². The van der Waals surface area contributed by atoms with Gasteiger partial charge in [0.25, 0.3) is 0 Å². The Morgan fingerprint density at radius 1 is 1.29 bits per heavy atom. The highest BCUT2D eigenvalue weighted by atomic mass is 32.2. The van der Waals surface area contributed by atoms with E-state index in [-0.39, 0.29) is 0 Å². The highest BCUT2D eigenvalue weighted by Crippen LogP contribution is 2.27. The van der Waals surface area contributed by atoms with E-state index in [4.69, 9.17) is 0 Å². The normalized spacial score (nSPS) is 12.7. The number of aryl methyl sites for hydroxylation is 2. The molecule has 2 aromatic heterocycles. The minimum Gasteiger partial charge on any atom is -0.326 e. The second-order valence-electron chi connectivity index (χ2n) is 4.97. The molecule has 108 valence electrons. The van der Waals surface area contributed by atoms with E-state index in [2.05, 4.69) is 28.2 Å². The zero-order chi connectivity index (χ0) is 15.0. The molecular formula is C16H17N3OS. The van der Waals surface area contributed by atoms with Crippen molar-refractivity contribution in [2.24, 2.45) is 7.05 Å². The molecule has 0 saturated heterocycles. The number of rotatable bonds is 3. The summed E-state index contributed by atoms with van der Waals surface area (Å²) < 4.78 is 14.2. The van der Waals surface area contributed by atoms with Crippen molar-refractivity contribution in [3.8, 4) is 11.5 Å². The molecule has 0 aliphatic carbocycles. The Morgan fingerprint density at radius 2 is 2.10 bits per heavy atom. The van der Waals surface area contributed by atoms with Gasteiger partial charge in [0.15, 0.2) is 5.82 Å². The summed E-state index contributed by atoms with van der Waals surface area (Å²) in [5.41, 5.74) is 3.86. The summed E-state index contributed by atoms with van der Waals surface area (Å²) >= 11 is 0. The number of aromatic nitrogens is 3. The lowest BCUT2D eigenvalue weighted by molar-refractivity contribution is 0.683. The summed E-state index contributed by atoms with van der Waals surface area (Å²) in [5.74, 6) is 1.33. The van der Waals surface area contributed by atoms with Crippen LogP contribution >= 0.6 is 0 Å². The Hall–Kier alpha value is -2.01. The van der Waals surface area contributed by atoms with Crippen molar-refractivity contribution in [2.45, 2.75) is 18.7 Å². The molecule has 4 nitrogen and oxygen atoms in total. The Bertz CT molecular complexity index is 839. The highest BCUT2D eigenvalue weighted by molar-refractivity contribution is 7.85. The molecule has 3 rings (SSSR count). The first-order valence-corrected chi connectivity index (χ1v) is 8.20. The average Bonchev–Trinajstić information content (AvgIpc) is 2.82. The number of hydrogen-bond donors (Lipinski definition) is 0. The van der Waals surface area contributed by atoms with Gasteiger partial charge in [0.2, 0.25) is 0 Å². The van der Waals surface area contributed by atoms with Gasteiger partial charge in [-0.1, -0.05) is 13.0 Å². The summed E-state index contributed by atoms with van der Waals surface area (Å²) in [5, 5.41) is 0. The largest absolute Gasteiger partial charge is 0.326 e. The van der Waals surface area contributed by atoms with Crippen LogP contribution in [0.15, 0.2) is 41.4 Å². The summed E-state index contributed by atoms with van der Waals surface area (Å²) in [7, 11) is 0.913. The van der Waals surface area contributed by atoms with Crippen molar-refractivity contribution in [2.75, 3.05) is 5.75 Å². The van der Waals surface area contributed by atoms with E-state index >= 15 is 0 Å². The van der Waals surface area contributed by atoms with Crippen LogP contribution in [0.1, 0.15) is 12.5 Å². The third-order valence-electron chi connectivity index (χ3n) is 3.53. The molecule has 1 atom stereocenters. The lowest BCUT2D eigenvalue weighted by Gasteiger charge is -2.07. The minimum atomic E-state index is -1.05. The van der Waals surface area contributed by atoms with Crippen LogP contribution in [-0.2, 0) is 17.8 Å². The van der Waals surface area contributed by atoms with Gasteiger partial charge in [-0.25, -0.2) is 4.98 Å². The quantitative estimate of drug-likeness (QED) is 0.746. The second-order valence-corrected chi connectivity index (χ2v) is 6.68. The van der Waals surface area contributed by atoms with E-state index < -0.39 is 10.8 Å². The fourth-order valence-electron chi connectivity index (χ4n) is 2.42. The number of imidazole rings is 1. The second kappa shape index (κ2) is 5.41. The zero-order valence-corrected chi connectivity index (χ0v) is 13.1. The Morgan fingerprint density at radius 3 is 2.86 bits per heavy atom. The van der Waals surface area contributed by atoms with Gasteiger partial charge in [0, 0.05) is 19.0 Å². The van der Waals surface area contributed by atoms with Gasteiger partial charge in [-0.3, -0.25) is 9.19 Å². The van der Waals surface area contributed by atoms with Crippen LogP contribution < -0.4 is 0 Å². The Kier molecular flexibility index (Phi) is 3.59. The molecule has 5 heteroatoms. The lowest BCUT2D eigenvalue weighted by atomic mass is 10.2. The van der Waals surface area contributed by atoms with Gasteiger partial charge in [-0.05, 0) is 36.8 Å². The highest BCUT2D eigenvalue weighted by Gasteiger charge is 2.17. The molecule has 0 saturated carbocycles. The number of nitrogens with zero attached hydrogens (tertiary/aromatic N) is 3.